The lowest BCUT2D eigenvalue weighted by atomic mass is 9.95. The molecule has 2 aliphatic rings. The monoisotopic (exact) mass is 408 g/mol. The molecule has 0 radical (unpaired) electrons. The van der Waals surface area contributed by atoms with Crippen LogP contribution in [0.4, 0.5) is 4.79 Å². The van der Waals surface area contributed by atoms with Gasteiger partial charge in [-0.05, 0) is 66.2 Å². The zero-order chi connectivity index (χ0) is 18.0. The fraction of sp³-hybridized carbons (Fsp3) is 0.444. The SMILES string of the molecule is COc1ccc([C@H]2NC(=O)NC(C)=C2C(=O)OC2CCCC2)cc1Br. The number of hydrogen-bond acceptors (Lipinski definition) is 4. The van der Waals surface area contributed by atoms with E-state index in [4.69, 9.17) is 9.47 Å². The number of halogens is 1. The third-order valence-corrected chi connectivity index (χ3v) is 5.19. The van der Waals surface area contributed by atoms with E-state index in [0.717, 1.165) is 35.7 Å². The predicted octanol–water partition coefficient (Wildman–Crippen LogP) is 3.57. The number of hydrogen-bond donors (Lipinski definition) is 2. The van der Waals surface area contributed by atoms with Crippen molar-refractivity contribution < 1.29 is 19.1 Å². The lowest BCUT2D eigenvalue weighted by Crippen LogP contribution is -2.45. The van der Waals surface area contributed by atoms with Gasteiger partial charge in [0.05, 0.1) is 23.2 Å². The zero-order valence-corrected chi connectivity index (χ0v) is 15.8. The van der Waals surface area contributed by atoms with Crippen LogP contribution in [0.15, 0.2) is 33.9 Å². The zero-order valence-electron chi connectivity index (χ0n) is 14.2. The first-order valence-corrected chi connectivity index (χ1v) is 9.11. The van der Waals surface area contributed by atoms with Crippen molar-refractivity contribution in [2.24, 2.45) is 0 Å². The lowest BCUT2D eigenvalue weighted by Gasteiger charge is -2.29. The van der Waals surface area contributed by atoms with Crippen LogP contribution in [-0.4, -0.2) is 25.2 Å². The molecule has 1 heterocycles. The topological polar surface area (TPSA) is 76.7 Å². The Morgan fingerprint density at radius 2 is 2.00 bits per heavy atom. The summed E-state index contributed by atoms with van der Waals surface area (Å²) in [5.74, 6) is 0.300. The van der Waals surface area contributed by atoms with Gasteiger partial charge < -0.3 is 20.1 Å². The summed E-state index contributed by atoms with van der Waals surface area (Å²) in [6, 6.07) is 4.56. The van der Waals surface area contributed by atoms with Gasteiger partial charge in [-0.25, -0.2) is 9.59 Å². The van der Waals surface area contributed by atoms with E-state index >= 15 is 0 Å². The van der Waals surface area contributed by atoms with Gasteiger partial charge in [-0.3, -0.25) is 0 Å². The minimum atomic E-state index is -0.565. The van der Waals surface area contributed by atoms with Gasteiger partial charge in [0.1, 0.15) is 11.9 Å². The van der Waals surface area contributed by atoms with Crippen LogP contribution < -0.4 is 15.4 Å². The number of allylic oxidation sites excluding steroid dienone is 1. The summed E-state index contributed by atoms with van der Waals surface area (Å²) in [5, 5.41) is 5.48. The van der Waals surface area contributed by atoms with E-state index in [0.29, 0.717) is 17.0 Å². The summed E-state index contributed by atoms with van der Waals surface area (Å²) in [6.45, 7) is 1.72. The maximum Gasteiger partial charge on any atom is 0.338 e. The number of esters is 1. The van der Waals surface area contributed by atoms with Gasteiger partial charge in [0.15, 0.2) is 0 Å². The number of methoxy groups -OCH3 is 1. The molecule has 0 aromatic heterocycles. The van der Waals surface area contributed by atoms with E-state index in [1.54, 1.807) is 20.1 Å². The highest BCUT2D eigenvalue weighted by molar-refractivity contribution is 9.10. The first-order valence-electron chi connectivity index (χ1n) is 8.32. The number of rotatable bonds is 4. The maximum atomic E-state index is 12.8. The number of urea groups is 1. The van der Waals surface area contributed by atoms with Crippen molar-refractivity contribution in [1.82, 2.24) is 10.6 Å². The molecule has 6 nitrogen and oxygen atoms in total. The molecule has 1 atom stereocenters. The van der Waals surface area contributed by atoms with Crippen molar-refractivity contribution in [2.45, 2.75) is 44.8 Å². The molecule has 1 aromatic rings. The Kier molecular flexibility index (Phi) is 5.32. The fourth-order valence-electron chi connectivity index (χ4n) is 3.30. The Bertz CT molecular complexity index is 726. The van der Waals surface area contributed by atoms with E-state index in [1.165, 1.54) is 0 Å². The summed E-state index contributed by atoms with van der Waals surface area (Å²) in [7, 11) is 1.58. The van der Waals surface area contributed by atoms with Gasteiger partial charge in [0, 0.05) is 5.70 Å². The summed E-state index contributed by atoms with van der Waals surface area (Å²) in [5.41, 5.74) is 1.73. The molecule has 1 aliphatic heterocycles. The number of carbonyl (C=O) groups excluding carboxylic acids is 2. The fourth-order valence-corrected chi connectivity index (χ4v) is 3.86. The average molecular weight is 409 g/mol. The van der Waals surface area contributed by atoms with Gasteiger partial charge in [-0.1, -0.05) is 6.07 Å². The highest BCUT2D eigenvalue weighted by Crippen LogP contribution is 2.34. The summed E-state index contributed by atoms with van der Waals surface area (Å²) in [4.78, 5) is 24.7. The van der Waals surface area contributed by atoms with E-state index in [1.807, 2.05) is 12.1 Å². The number of ether oxygens (including phenoxy) is 2. The van der Waals surface area contributed by atoms with Gasteiger partial charge in [0.2, 0.25) is 0 Å². The Labute approximate surface area is 155 Å². The van der Waals surface area contributed by atoms with E-state index < -0.39 is 6.04 Å². The van der Waals surface area contributed by atoms with Crippen molar-refractivity contribution in [3.8, 4) is 5.75 Å². The molecule has 7 heteroatoms. The molecule has 3 rings (SSSR count). The van der Waals surface area contributed by atoms with Crippen LogP contribution >= 0.6 is 15.9 Å². The summed E-state index contributed by atoms with van der Waals surface area (Å²) >= 11 is 3.45. The lowest BCUT2D eigenvalue weighted by molar-refractivity contribution is -0.144. The number of carbonyl (C=O) groups is 2. The predicted molar refractivity (Wildman–Crippen MR) is 96.2 cm³/mol. The van der Waals surface area contributed by atoms with Crippen molar-refractivity contribution in [3.63, 3.8) is 0 Å². The molecule has 1 saturated carbocycles. The van der Waals surface area contributed by atoms with Crippen LogP contribution in [0.1, 0.15) is 44.2 Å². The molecule has 1 aromatic carbocycles. The minimum absolute atomic E-state index is 0.0336. The second-order valence-corrected chi connectivity index (χ2v) is 7.13. The summed E-state index contributed by atoms with van der Waals surface area (Å²) in [6.07, 6.45) is 3.93. The van der Waals surface area contributed by atoms with Crippen LogP contribution in [0.2, 0.25) is 0 Å². The standard InChI is InChI=1S/C18H21BrN2O4/c1-10-15(17(22)25-12-5-3-4-6-12)16(21-18(23)20-10)11-7-8-14(24-2)13(19)9-11/h7-9,12,16H,3-6H2,1-2H3,(H2,20,21,23)/t16-/m1/s1. The largest absolute Gasteiger partial charge is 0.496 e. The molecule has 1 fully saturated rings. The molecule has 0 spiro atoms. The summed E-state index contributed by atoms with van der Waals surface area (Å²) < 4.78 is 11.7. The van der Waals surface area contributed by atoms with Gasteiger partial charge in [0.25, 0.3) is 0 Å². The van der Waals surface area contributed by atoms with Gasteiger partial charge >= 0.3 is 12.0 Å². The Hall–Kier alpha value is -2.02. The molecule has 2 N–H and O–H groups in total. The smallest absolute Gasteiger partial charge is 0.338 e. The quantitative estimate of drug-likeness (QED) is 0.746. The molecule has 25 heavy (non-hydrogen) atoms. The Morgan fingerprint density at radius 3 is 2.64 bits per heavy atom. The third-order valence-electron chi connectivity index (χ3n) is 4.57. The minimum Gasteiger partial charge on any atom is -0.496 e. The van der Waals surface area contributed by atoms with Crippen LogP contribution in [0.25, 0.3) is 0 Å². The van der Waals surface area contributed by atoms with Crippen molar-refractivity contribution in [3.05, 3.63) is 39.5 Å². The molecular weight excluding hydrogens is 388 g/mol. The molecule has 0 saturated heterocycles. The second-order valence-electron chi connectivity index (χ2n) is 6.28. The number of amides is 2. The highest BCUT2D eigenvalue weighted by atomic mass is 79.9. The maximum absolute atomic E-state index is 12.8. The molecule has 134 valence electrons. The molecule has 2 amide bonds. The first-order chi connectivity index (χ1) is 12.0. The number of benzene rings is 1. The van der Waals surface area contributed by atoms with Crippen molar-refractivity contribution in [2.75, 3.05) is 7.11 Å². The average Bonchev–Trinajstić information content (AvgIpc) is 3.06. The second kappa shape index (κ2) is 7.47. The van der Waals surface area contributed by atoms with E-state index in [9.17, 15) is 9.59 Å². The van der Waals surface area contributed by atoms with Crippen LogP contribution in [-0.2, 0) is 9.53 Å². The normalized spacial score (nSPS) is 20.9. The highest BCUT2D eigenvalue weighted by Gasteiger charge is 2.34. The van der Waals surface area contributed by atoms with Crippen LogP contribution in [0.5, 0.6) is 5.75 Å². The van der Waals surface area contributed by atoms with Gasteiger partial charge in [-0.2, -0.15) is 0 Å². The van der Waals surface area contributed by atoms with Crippen LogP contribution in [0.3, 0.4) is 0 Å². The Morgan fingerprint density at radius 1 is 1.28 bits per heavy atom. The number of nitrogens with one attached hydrogen (secondary N) is 2. The van der Waals surface area contributed by atoms with Crippen molar-refractivity contribution >= 4 is 27.9 Å². The Balaban J connectivity index is 1.91. The molecular formula is C18H21BrN2O4. The van der Waals surface area contributed by atoms with Crippen molar-refractivity contribution in [1.29, 1.82) is 0 Å². The molecule has 1 aliphatic carbocycles. The molecule has 0 unspecified atom stereocenters. The van der Waals surface area contributed by atoms with E-state index in [-0.39, 0.29) is 18.1 Å². The van der Waals surface area contributed by atoms with Crippen LogP contribution in [0, 0.1) is 0 Å². The third kappa shape index (κ3) is 3.81. The first kappa shape index (κ1) is 17.8. The van der Waals surface area contributed by atoms with Gasteiger partial charge in [-0.15, -0.1) is 0 Å². The molecule has 0 bridgehead atoms. The van der Waals surface area contributed by atoms with E-state index in [2.05, 4.69) is 26.6 Å².